The number of nitrogens with zero attached hydrogens (tertiary/aromatic N) is 2. The summed E-state index contributed by atoms with van der Waals surface area (Å²) >= 11 is 0. The Balaban J connectivity index is 1.56. The molecule has 14 N–H and O–H groups in total. The van der Waals surface area contributed by atoms with Gasteiger partial charge >= 0.3 is 5.97 Å². The second kappa shape index (κ2) is 35.5. The molecular formula is C62H98N12O11. The number of nitrogens with one attached hydrogen (secondary N) is 7. The van der Waals surface area contributed by atoms with Crippen molar-refractivity contribution in [3.8, 4) is 0 Å². The molecule has 472 valence electrons. The van der Waals surface area contributed by atoms with Gasteiger partial charge in [0.15, 0.2) is 0 Å². The zero-order chi connectivity index (χ0) is 62.9. The number of nitrogens with two attached hydrogens (primary N) is 3. The monoisotopic (exact) mass is 1190 g/mol. The van der Waals surface area contributed by atoms with Crippen molar-refractivity contribution >= 4 is 59.1 Å². The minimum atomic E-state index is -1.21. The van der Waals surface area contributed by atoms with E-state index >= 15 is 0 Å². The Bertz CT molecular complexity index is 2520. The molecule has 2 aromatic rings. The molecule has 4 rings (SSSR count). The van der Waals surface area contributed by atoms with E-state index in [4.69, 9.17) is 17.2 Å². The van der Waals surface area contributed by atoms with Gasteiger partial charge in [0, 0.05) is 25.9 Å². The average molecular weight is 1190 g/mol. The van der Waals surface area contributed by atoms with Crippen LogP contribution in [0.25, 0.3) is 0 Å². The molecule has 0 bridgehead atoms. The molecule has 2 heterocycles. The Morgan fingerprint density at radius 1 is 0.482 bits per heavy atom. The van der Waals surface area contributed by atoms with Crippen molar-refractivity contribution in [3.63, 3.8) is 0 Å². The van der Waals surface area contributed by atoms with Gasteiger partial charge in [0.1, 0.15) is 54.4 Å². The number of likely N-dealkylation sites (tertiary alicyclic amines) is 2. The maximum absolute atomic E-state index is 14.9. The van der Waals surface area contributed by atoms with E-state index in [0.29, 0.717) is 57.2 Å². The number of carboxylic acid groups (broad SMARTS) is 1. The Morgan fingerprint density at radius 3 is 1.25 bits per heavy atom. The summed E-state index contributed by atoms with van der Waals surface area (Å²) in [5.41, 5.74) is 19.2. The molecule has 2 aliphatic rings. The number of aliphatic carboxylic acids is 1. The molecule has 23 heteroatoms. The van der Waals surface area contributed by atoms with Crippen LogP contribution < -0.4 is 54.4 Å². The number of benzene rings is 2. The summed E-state index contributed by atoms with van der Waals surface area (Å²) in [7, 11) is 0. The first-order valence-corrected chi connectivity index (χ1v) is 30.6. The van der Waals surface area contributed by atoms with Gasteiger partial charge in [-0.15, -0.1) is 0 Å². The van der Waals surface area contributed by atoms with E-state index in [1.165, 1.54) is 9.80 Å². The van der Waals surface area contributed by atoms with Gasteiger partial charge in [-0.25, -0.2) is 4.79 Å². The van der Waals surface area contributed by atoms with Gasteiger partial charge in [-0.1, -0.05) is 116 Å². The summed E-state index contributed by atoms with van der Waals surface area (Å²) in [5, 5.41) is 29.8. The maximum Gasteiger partial charge on any atom is 0.326 e. The third-order valence-corrected chi connectivity index (χ3v) is 15.6. The first kappa shape index (κ1) is 70.5. The third kappa shape index (κ3) is 22.4. The van der Waals surface area contributed by atoms with Crippen LogP contribution in [-0.4, -0.2) is 161 Å². The number of hydrogen-bond donors (Lipinski definition) is 11. The molecule has 0 saturated carbocycles. The molecule has 0 radical (unpaired) electrons. The minimum Gasteiger partial charge on any atom is -0.480 e. The fourth-order valence-electron chi connectivity index (χ4n) is 10.7. The Kier molecular flexibility index (Phi) is 29.4. The standard InChI is InChI=1S/C62H98N12O11/c1-37(2)33-45(68-53(75)43(25-15-17-29-63)66-58(80)51(65)39(5)6)55(77)70-47(35-41-21-11-9-12-22-41)60(82)73-31-19-27-49(73)57(79)72-52(40(7)8)59(81)67-44(26-16-18-30-64)54(76)69-46(34-38(3)4)56(78)71-48(36-42-23-13-10-14-24-42)61(83)74-32-20-28-50(74)62(84)85/h9-14,21-24,37-40,43-52H,15-20,25-36,63-65H2,1-8H3,(H,66,80)(H,67,81)(H,68,75)(H,69,76)(H,70,77)(H,71,78)(H,72,79)(H,84,85)/t43-,44-,45-,46-,47-,48-,49-,50-,51-,52-/m0/s1. The maximum atomic E-state index is 14.9. The highest BCUT2D eigenvalue weighted by molar-refractivity contribution is 5.99. The van der Waals surface area contributed by atoms with E-state index in [-0.39, 0.29) is 82.2 Å². The lowest BCUT2D eigenvalue weighted by Crippen LogP contribution is -2.61. The van der Waals surface area contributed by atoms with E-state index in [1.54, 1.807) is 76.2 Å². The number of hydrogen-bond acceptors (Lipinski definition) is 13. The van der Waals surface area contributed by atoms with Crippen LogP contribution in [0.1, 0.15) is 144 Å². The van der Waals surface area contributed by atoms with Gasteiger partial charge in [-0.05, 0) is 125 Å². The predicted molar refractivity (Wildman–Crippen MR) is 323 cm³/mol. The number of amides is 9. The number of rotatable bonds is 35. The topological polar surface area (TPSA) is 360 Å². The Hall–Kier alpha value is -6.98. The fourth-order valence-corrected chi connectivity index (χ4v) is 10.7. The summed E-state index contributed by atoms with van der Waals surface area (Å²) in [5.74, 6) is -7.65. The average Bonchev–Trinajstić information content (AvgIpc) is 3.27. The van der Waals surface area contributed by atoms with Gasteiger partial charge in [0.25, 0.3) is 0 Å². The summed E-state index contributed by atoms with van der Waals surface area (Å²) in [6.07, 6.45) is 4.23. The van der Waals surface area contributed by atoms with Crippen molar-refractivity contribution in [1.82, 2.24) is 47.0 Å². The zero-order valence-electron chi connectivity index (χ0n) is 51.2. The lowest BCUT2D eigenvalue weighted by Gasteiger charge is -2.32. The first-order chi connectivity index (χ1) is 40.4. The van der Waals surface area contributed by atoms with Gasteiger partial charge in [-0.2, -0.15) is 0 Å². The first-order valence-electron chi connectivity index (χ1n) is 30.6. The molecule has 0 aliphatic carbocycles. The lowest BCUT2D eigenvalue weighted by atomic mass is 9.99. The van der Waals surface area contributed by atoms with E-state index in [1.807, 2.05) is 39.8 Å². The van der Waals surface area contributed by atoms with Crippen LogP contribution in [0.15, 0.2) is 60.7 Å². The van der Waals surface area contributed by atoms with Crippen molar-refractivity contribution in [2.75, 3.05) is 26.2 Å². The summed E-state index contributed by atoms with van der Waals surface area (Å²) in [6, 6.07) is 6.90. The predicted octanol–water partition coefficient (Wildman–Crippen LogP) is 1.92. The van der Waals surface area contributed by atoms with Crippen LogP contribution in [0.2, 0.25) is 0 Å². The number of unbranched alkanes of at least 4 members (excludes halogenated alkanes) is 2. The van der Waals surface area contributed by atoms with E-state index in [9.17, 15) is 53.1 Å². The third-order valence-electron chi connectivity index (χ3n) is 15.6. The fraction of sp³-hybridized carbons (Fsp3) is 0.645. The van der Waals surface area contributed by atoms with E-state index in [0.717, 1.165) is 5.56 Å². The number of carbonyl (C=O) groups excluding carboxylic acids is 9. The van der Waals surface area contributed by atoms with Crippen molar-refractivity contribution in [2.45, 2.75) is 206 Å². The van der Waals surface area contributed by atoms with Crippen LogP contribution in [0.4, 0.5) is 0 Å². The summed E-state index contributed by atoms with van der Waals surface area (Å²) in [4.78, 5) is 143. The van der Waals surface area contributed by atoms with Crippen molar-refractivity contribution in [1.29, 1.82) is 0 Å². The van der Waals surface area contributed by atoms with Crippen LogP contribution in [-0.2, 0) is 60.8 Å². The Labute approximate surface area is 502 Å². The molecule has 2 aromatic carbocycles. The van der Waals surface area contributed by atoms with Crippen molar-refractivity contribution < 1.29 is 53.1 Å². The van der Waals surface area contributed by atoms with E-state index < -0.39 is 125 Å². The number of carbonyl (C=O) groups is 10. The lowest BCUT2D eigenvalue weighted by molar-refractivity contribution is -0.149. The quantitative estimate of drug-likeness (QED) is 0.0440. The van der Waals surface area contributed by atoms with Gasteiger partial charge in [-0.3, -0.25) is 43.2 Å². The molecular weight excluding hydrogens is 1090 g/mol. The normalized spacial score (nSPS) is 17.9. The SMILES string of the molecule is CC(C)C[C@H](NC(=O)[C@H](CCCCN)NC(=O)[C@@H](NC(=O)[C@@H]1CCCN1C(=O)[C@H](Cc1ccccc1)NC(=O)[C@H](CC(C)C)NC(=O)[C@H](CCCCN)NC(=O)[C@@H](N)C(C)C)C(C)C)C(=O)N[C@@H](Cc1ccccc1)C(=O)N1CCC[C@H]1C(=O)O. The van der Waals surface area contributed by atoms with Gasteiger partial charge in [0.2, 0.25) is 53.2 Å². The van der Waals surface area contributed by atoms with Crippen LogP contribution in [0.3, 0.4) is 0 Å². The molecule has 0 spiro atoms. The highest BCUT2D eigenvalue weighted by Gasteiger charge is 2.42. The minimum absolute atomic E-state index is 0.0337. The van der Waals surface area contributed by atoms with Gasteiger partial charge < -0.3 is 69.3 Å². The second-order valence-corrected chi connectivity index (χ2v) is 24.3. The van der Waals surface area contributed by atoms with Crippen LogP contribution >= 0.6 is 0 Å². The molecule has 2 aliphatic heterocycles. The largest absolute Gasteiger partial charge is 0.480 e. The van der Waals surface area contributed by atoms with Gasteiger partial charge in [0.05, 0.1) is 6.04 Å². The molecule has 85 heavy (non-hydrogen) atoms. The zero-order valence-corrected chi connectivity index (χ0v) is 51.2. The van der Waals surface area contributed by atoms with Crippen LogP contribution in [0.5, 0.6) is 0 Å². The van der Waals surface area contributed by atoms with Crippen molar-refractivity contribution in [2.24, 2.45) is 40.9 Å². The smallest absolute Gasteiger partial charge is 0.326 e. The molecule has 10 atom stereocenters. The highest BCUT2D eigenvalue weighted by Crippen LogP contribution is 2.23. The Morgan fingerprint density at radius 2 is 0.859 bits per heavy atom. The summed E-state index contributed by atoms with van der Waals surface area (Å²) in [6.45, 7) is 15.5. The van der Waals surface area contributed by atoms with Crippen LogP contribution in [0, 0.1) is 23.7 Å². The summed E-state index contributed by atoms with van der Waals surface area (Å²) < 4.78 is 0. The molecule has 23 nitrogen and oxygen atoms in total. The molecule has 9 amide bonds. The van der Waals surface area contributed by atoms with Crippen molar-refractivity contribution in [3.05, 3.63) is 71.8 Å². The molecule has 0 aromatic heterocycles. The number of carboxylic acids is 1. The van der Waals surface area contributed by atoms with E-state index in [2.05, 4.69) is 37.2 Å². The highest BCUT2D eigenvalue weighted by atomic mass is 16.4. The molecule has 0 unspecified atom stereocenters. The molecule has 2 fully saturated rings. The second-order valence-electron chi connectivity index (χ2n) is 24.3. The molecule has 2 saturated heterocycles.